The first-order chi connectivity index (χ1) is 15.0. The summed E-state index contributed by atoms with van der Waals surface area (Å²) in [4.78, 5) is 16.5. The predicted molar refractivity (Wildman–Crippen MR) is 110 cm³/mol. The van der Waals surface area contributed by atoms with Crippen LogP contribution in [0.5, 0.6) is 5.75 Å². The number of nitrogens with one attached hydrogen (secondary N) is 1. The van der Waals surface area contributed by atoms with Crippen molar-refractivity contribution in [3.63, 3.8) is 0 Å². The van der Waals surface area contributed by atoms with E-state index < -0.39 is 0 Å². The second-order valence-electron chi connectivity index (χ2n) is 6.97. The van der Waals surface area contributed by atoms with Crippen LogP contribution in [-0.2, 0) is 13.2 Å². The highest BCUT2D eigenvalue weighted by Gasteiger charge is 2.12. The van der Waals surface area contributed by atoms with E-state index in [1.54, 1.807) is 36.4 Å². The molecule has 1 amide bonds. The molecule has 4 aromatic rings. The summed E-state index contributed by atoms with van der Waals surface area (Å²) in [6, 6.07) is 13.0. The number of hydrogen-bond acceptors (Lipinski definition) is 6. The maximum atomic E-state index is 13.3. The molecule has 0 spiro atoms. The second-order valence-corrected chi connectivity index (χ2v) is 6.97. The smallest absolute Gasteiger partial charge is 0.258 e. The second kappa shape index (κ2) is 8.78. The van der Waals surface area contributed by atoms with Crippen molar-refractivity contribution in [2.75, 3.05) is 5.32 Å². The Morgan fingerprint density at radius 1 is 1.19 bits per heavy atom. The largest absolute Gasteiger partial charge is 0.489 e. The molecular formula is C22H20FN5O3. The molecule has 0 saturated carbocycles. The summed E-state index contributed by atoms with van der Waals surface area (Å²) in [7, 11) is 0. The quantitative estimate of drug-likeness (QED) is 0.486. The Kier molecular flexibility index (Phi) is 5.74. The number of halogens is 1. The van der Waals surface area contributed by atoms with E-state index in [9.17, 15) is 9.18 Å². The lowest BCUT2D eigenvalue weighted by Crippen LogP contribution is -2.13. The molecule has 2 aromatic carbocycles. The number of hydrogen-bond donors (Lipinski definition) is 1. The van der Waals surface area contributed by atoms with Gasteiger partial charge in [-0.1, -0.05) is 17.3 Å². The monoisotopic (exact) mass is 421 g/mol. The molecule has 4 rings (SSSR count). The standard InChI is InChI=1S/C22H20FN5O3/c1-14-20(15(2)31-27-14)12-30-19-8-6-17(7-9-19)21(29)25-22-24-13-28(26-22)11-16-4-3-5-18(23)10-16/h3-10,13H,11-12H2,1-2H3,(H,25,26,29). The molecule has 2 aromatic heterocycles. The van der Waals surface area contributed by atoms with Gasteiger partial charge in [0.2, 0.25) is 5.95 Å². The molecule has 158 valence electrons. The number of carbonyl (C=O) groups excluding carboxylic acids is 1. The average molecular weight is 421 g/mol. The molecule has 31 heavy (non-hydrogen) atoms. The van der Waals surface area contributed by atoms with Gasteiger partial charge in [-0.15, -0.1) is 5.10 Å². The van der Waals surface area contributed by atoms with E-state index in [2.05, 4.69) is 20.6 Å². The fourth-order valence-electron chi connectivity index (χ4n) is 2.99. The SMILES string of the molecule is Cc1noc(C)c1COc1ccc(C(=O)Nc2ncn(Cc3cccc(F)c3)n2)cc1. The molecule has 0 aliphatic carbocycles. The van der Waals surface area contributed by atoms with E-state index in [-0.39, 0.29) is 17.7 Å². The lowest BCUT2D eigenvalue weighted by molar-refractivity contribution is 0.102. The van der Waals surface area contributed by atoms with Crippen molar-refractivity contribution >= 4 is 11.9 Å². The minimum Gasteiger partial charge on any atom is -0.489 e. The van der Waals surface area contributed by atoms with E-state index in [1.165, 1.54) is 23.1 Å². The number of aryl methyl sites for hydroxylation is 2. The Bertz CT molecular complexity index is 1180. The zero-order valence-electron chi connectivity index (χ0n) is 17.0. The zero-order valence-corrected chi connectivity index (χ0v) is 17.0. The van der Waals surface area contributed by atoms with Gasteiger partial charge >= 0.3 is 0 Å². The molecule has 0 aliphatic rings. The Hall–Kier alpha value is -4.01. The van der Waals surface area contributed by atoms with Crippen LogP contribution in [0, 0.1) is 19.7 Å². The Morgan fingerprint density at radius 2 is 2.00 bits per heavy atom. The van der Waals surface area contributed by atoms with E-state index in [1.807, 2.05) is 13.8 Å². The van der Waals surface area contributed by atoms with Gasteiger partial charge in [0.1, 0.15) is 30.3 Å². The molecule has 0 radical (unpaired) electrons. The van der Waals surface area contributed by atoms with Crippen molar-refractivity contribution in [3.05, 3.63) is 88.8 Å². The van der Waals surface area contributed by atoms with Crippen molar-refractivity contribution in [2.24, 2.45) is 0 Å². The van der Waals surface area contributed by atoms with Crippen LogP contribution in [0.2, 0.25) is 0 Å². The van der Waals surface area contributed by atoms with Crippen molar-refractivity contribution < 1.29 is 18.4 Å². The first-order valence-corrected chi connectivity index (χ1v) is 9.58. The van der Waals surface area contributed by atoms with Gasteiger partial charge in [-0.05, 0) is 55.8 Å². The summed E-state index contributed by atoms with van der Waals surface area (Å²) >= 11 is 0. The van der Waals surface area contributed by atoms with Crippen molar-refractivity contribution in [3.8, 4) is 5.75 Å². The van der Waals surface area contributed by atoms with E-state index >= 15 is 0 Å². The zero-order chi connectivity index (χ0) is 21.8. The third kappa shape index (κ3) is 4.95. The summed E-state index contributed by atoms with van der Waals surface area (Å²) in [5.74, 6) is 0.845. The number of ether oxygens (including phenoxy) is 1. The van der Waals surface area contributed by atoms with Gasteiger partial charge in [-0.2, -0.15) is 0 Å². The normalized spacial score (nSPS) is 10.8. The topological polar surface area (TPSA) is 95.1 Å². The Balaban J connectivity index is 1.34. The highest BCUT2D eigenvalue weighted by molar-refractivity contribution is 6.03. The van der Waals surface area contributed by atoms with Gasteiger partial charge in [0.25, 0.3) is 5.91 Å². The van der Waals surface area contributed by atoms with Crippen molar-refractivity contribution in [1.29, 1.82) is 0 Å². The summed E-state index contributed by atoms with van der Waals surface area (Å²) in [5.41, 5.74) is 2.88. The molecule has 0 saturated heterocycles. The van der Waals surface area contributed by atoms with Gasteiger partial charge in [0, 0.05) is 5.56 Å². The Morgan fingerprint density at radius 3 is 2.71 bits per heavy atom. The minimum absolute atomic E-state index is 0.167. The molecule has 0 unspecified atom stereocenters. The van der Waals surface area contributed by atoms with Crippen molar-refractivity contribution in [2.45, 2.75) is 27.0 Å². The van der Waals surface area contributed by atoms with Crippen LogP contribution in [-0.4, -0.2) is 25.8 Å². The molecule has 0 aliphatic heterocycles. The number of rotatable bonds is 7. The summed E-state index contributed by atoms with van der Waals surface area (Å²) in [6.45, 7) is 4.37. The maximum Gasteiger partial charge on any atom is 0.258 e. The number of aromatic nitrogens is 4. The van der Waals surface area contributed by atoms with Crippen LogP contribution in [0.15, 0.2) is 59.4 Å². The van der Waals surface area contributed by atoms with Crippen LogP contribution >= 0.6 is 0 Å². The first kappa shape index (κ1) is 20.3. The number of amides is 1. The summed E-state index contributed by atoms with van der Waals surface area (Å²) < 4.78 is 25.7. The van der Waals surface area contributed by atoms with Gasteiger partial charge in [-0.25, -0.2) is 14.1 Å². The third-order valence-corrected chi connectivity index (χ3v) is 4.68. The van der Waals surface area contributed by atoms with E-state index in [0.717, 1.165) is 22.6 Å². The number of benzene rings is 2. The lowest BCUT2D eigenvalue weighted by atomic mass is 10.2. The average Bonchev–Trinajstić information content (AvgIpc) is 3.32. The predicted octanol–water partition coefficient (Wildman–Crippen LogP) is 3.90. The number of nitrogens with zero attached hydrogens (tertiary/aromatic N) is 4. The molecule has 8 nitrogen and oxygen atoms in total. The minimum atomic E-state index is -0.347. The molecule has 9 heteroatoms. The molecule has 1 N–H and O–H groups in total. The van der Waals surface area contributed by atoms with Gasteiger partial charge < -0.3 is 9.26 Å². The molecule has 0 atom stereocenters. The van der Waals surface area contributed by atoms with Gasteiger partial charge in [-0.3, -0.25) is 10.1 Å². The summed E-state index contributed by atoms with van der Waals surface area (Å²) in [5, 5.41) is 10.7. The third-order valence-electron chi connectivity index (χ3n) is 4.68. The van der Waals surface area contributed by atoms with Gasteiger partial charge in [0.15, 0.2) is 0 Å². The Labute approximate surface area is 177 Å². The van der Waals surface area contributed by atoms with Crippen LogP contribution in [0.4, 0.5) is 10.3 Å². The van der Waals surface area contributed by atoms with Crippen LogP contribution < -0.4 is 10.1 Å². The highest BCUT2D eigenvalue weighted by atomic mass is 19.1. The molecule has 2 heterocycles. The van der Waals surface area contributed by atoms with Crippen molar-refractivity contribution in [1.82, 2.24) is 19.9 Å². The lowest BCUT2D eigenvalue weighted by Gasteiger charge is -2.07. The fraction of sp³-hybridized carbons (Fsp3) is 0.182. The van der Waals surface area contributed by atoms with Crippen LogP contribution in [0.3, 0.4) is 0 Å². The van der Waals surface area contributed by atoms with Crippen LogP contribution in [0.25, 0.3) is 0 Å². The number of carbonyl (C=O) groups is 1. The van der Waals surface area contributed by atoms with E-state index in [4.69, 9.17) is 9.26 Å². The fourth-order valence-corrected chi connectivity index (χ4v) is 2.99. The number of anilines is 1. The summed E-state index contributed by atoms with van der Waals surface area (Å²) in [6.07, 6.45) is 1.48. The van der Waals surface area contributed by atoms with E-state index in [0.29, 0.717) is 24.5 Å². The first-order valence-electron chi connectivity index (χ1n) is 9.58. The maximum absolute atomic E-state index is 13.3. The highest BCUT2D eigenvalue weighted by Crippen LogP contribution is 2.18. The van der Waals surface area contributed by atoms with Gasteiger partial charge in [0.05, 0.1) is 17.8 Å². The molecular weight excluding hydrogens is 401 g/mol. The molecule has 0 bridgehead atoms. The molecule has 0 fully saturated rings. The van der Waals surface area contributed by atoms with Crippen LogP contribution in [0.1, 0.15) is 32.9 Å².